The first-order valence-electron chi connectivity index (χ1n) is 6.20. The van der Waals surface area contributed by atoms with Crippen LogP contribution in [0.3, 0.4) is 0 Å². The number of aromatic nitrogens is 2. The van der Waals surface area contributed by atoms with E-state index in [4.69, 9.17) is 10.7 Å². The molecule has 1 aromatic carbocycles. The first kappa shape index (κ1) is 12.1. The minimum absolute atomic E-state index is 0.466. The minimum Gasteiger partial charge on any atom is -0.331 e. The van der Waals surface area contributed by atoms with E-state index in [1.165, 1.54) is 5.52 Å². The lowest BCUT2D eigenvalue weighted by molar-refractivity contribution is 0.499. The second kappa shape index (κ2) is 4.49. The maximum atomic E-state index is 5.66. The molecule has 0 fully saturated rings. The third-order valence-electron chi connectivity index (χ3n) is 3.62. The number of hydrogen-bond acceptors (Lipinski definition) is 2. The lowest BCUT2D eigenvalue weighted by Gasteiger charge is -2.14. The lowest BCUT2D eigenvalue weighted by Crippen LogP contribution is -2.08. The van der Waals surface area contributed by atoms with E-state index in [9.17, 15) is 0 Å². The predicted octanol–water partition coefficient (Wildman–Crippen LogP) is 2.79. The van der Waals surface area contributed by atoms with Gasteiger partial charge in [-0.1, -0.05) is 26.8 Å². The van der Waals surface area contributed by atoms with Crippen molar-refractivity contribution in [1.82, 2.24) is 9.55 Å². The van der Waals surface area contributed by atoms with Crippen LogP contribution in [0.4, 0.5) is 0 Å². The van der Waals surface area contributed by atoms with Crippen LogP contribution in [-0.2, 0) is 13.6 Å². The summed E-state index contributed by atoms with van der Waals surface area (Å²) in [7, 11) is 2.09. The number of imidazole rings is 1. The van der Waals surface area contributed by atoms with Crippen LogP contribution in [0.5, 0.6) is 0 Å². The number of fused-ring (bicyclic) bond motifs is 1. The van der Waals surface area contributed by atoms with Crippen molar-refractivity contribution in [2.24, 2.45) is 18.7 Å². The smallest absolute Gasteiger partial charge is 0.112 e. The van der Waals surface area contributed by atoms with E-state index in [0.29, 0.717) is 18.4 Å². The summed E-state index contributed by atoms with van der Waals surface area (Å²) in [6.45, 7) is 7.27. The van der Waals surface area contributed by atoms with E-state index in [1.54, 1.807) is 0 Å². The van der Waals surface area contributed by atoms with Gasteiger partial charge in [-0.05, 0) is 23.6 Å². The Hall–Kier alpha value is -1.35. The molecule has 2 rings (SSSR count). The van der Waals surface area contributed by atoms with Crippen molar-refractivity contribution in [1.29, 1.82) is 0 Å². The van der Waals surface area contributed by atoms with E-state index in [-0.39, 0.29) is 0 Å². The fraction of sp³-hybridized carbons (Fsp3) is 0.500. The first-order chi connectivity index (χ1) is 8.04. The molecule has 0 bridgehead atoms. The summed E-state index contributed by atoms with van der Waals surface area (Å²) >= 11 is 0. The highest BCUT2D eigenvalue weighted by Crippen LogP contribution is 2.26. The summed E-state index contributed by atoms with van der Waals surface area (Å²) in [4.78, 5) is 4.75. The monoisotopic (exact) mass is 231 g/mol. The molecule has 0 aliphatic carbocycles. The van der Waals surface area contributed by atoms with Crippen LogP contribution in [0.2, 0.25) is 0 Å². The molecule has 0 aliphatic rings. The van der Waals surface area contributed by atoms with E-state index in [2.05, 4.69) is 50.6 Å². The molecule has 1 aromatic heterocycles. The van der Waals surface area contributed by atoms with Gasteiger partial charge in [-0.25, -0.2) is 4.98 Å². The number of nitrogens with two attached hydrogens (primary N) is 1. The van der Waals surface area contributed by atoms with Crippen LogP contribution in [0.1, 0.15) is 38.1 Å². The Labute approximate surface area is 103 Å². The molecule has 0 aliphatic heterocycles. The van der Waals surface area contributed by atoms with Crippen molar-refractivity contribution in [3.8, 4) is 0 Å². The van der Waals surface area contributed by atoms with Crippen molar-refractivity contribution >= 4 is 11.0 Å². The van der Waals surface area contributed by atoms with Gasteiger partial charge in [0, 0.05) is 19.5 Å². The summed E-state index contributed by atoms with van der Waals surface area (Å²) < 4.78 is 2.19. The molecule has 0 radical (unpaired) electrons. The normalized spacial score (nSPS) is 13.5. The van der Waals surface area contributed by atoms with Crippen LogP contribution in [-0.4, -0.2) is 9.55 Å². The fourth-order valence-corrected chi connectivity index (χ4v) is 2.10. The van der Waals surface area contributed by atoms with Crippen LogP contribution in [0.15, 0.2) is 18.2 Å². The van der Waals surface area contributed by atoms with Gasteiger partial charge >= 0.3 is 0 Å². The van der Waals surface area contributed by atoms with Crippen molar-refractivity contribution in [3.63, 3.8) is 0 Å². The van der Waals surface area contributed by atoms with Gasteiger partial charge < -0.3 is 10.3 Å². The van der Waals surface area contributed by atoms with Crippen LogP contribution in [0.25, 0.3) is 11.0 Å². The van der Waals surface area contributed by atoms with Gasteiger partial charge in [-0.3, -0.25) is 0 Å². The topological polar surface area (TPSA) is 43.8 Å². The molecule has 3 heteroatoms. The van der Waals surface area contributed by atoms with E-state index < -0.39 is 0 Å². The molecule has 2 aromatic rings. The number of benzene rings is 1. The molecule has 1 atom stereocenters. The highest BCUT2D eigenvalue weighted by atomic mass is 15.1. The lowest BCUT2D eigenvalue weighted by atomic mass is 9.97. The Morgan fingerprint density at radius 3 is 2.59 bits per heavy atom. The van der Waals surface area contributed by atoms with Gasteiger partial charge in [-0.2, -0.15) is 0 Å². The van der Waals surface area contributed by atoms with Crippen molar-refractivity contribution < 1.29 is 0 Å². The van der Waals surface area contributed by atoms with Gasteiger partial charge in [0.25, 0.3) is 0 Å². The minimum atomic E-state index is 0.466. The maximum absolute atomic E-state index is 5.66. The SMILES string of the molecule is CC(C)C(C)c1nc2cc(CN)ccc2n1C. The van der Waals surface area contributed by atoms with Gasteiger partial charge in [0.15, 0.2) is 0 Å². The highest BCUT2D eigenvalue weighted by Gasteiger charge is 2.17. The second-order valence-electron chi connectivity index (χ2n) is 5.09. The van der Waals surface area contributed by atoms with Gasteiger partial charge in [0.2, 0.25) is 0 Å². The average Bonchev–Trinajstić information content (AvgIpc) is 2.65. The second-order valence-corrected chi connectivity index (χ2v) is 5.09. The summed E-state index contributed by atoms with van der Waals surface area (Å²) in [5.74, 6) is 2.22. The molecular formula is C14H21N3. The number of aryl methyl sites for hydroxylation is 1. The fourth-order valence-electron chi connectivity index (χ4n) is 2.10. The Bertz CT molecular complexity index is 525. The van der Waals surface area contributed by atoms with Crippen LogP contribution >= 0.6 is 0 Å². The summed E-state index contributed by atoms with van der Waals surface area (Å²) in [5.41, 5.74) is 9.04. The zero-order valence-corrected chi connectivity index (χ0v) is 11.1. The van der Waals surface area contributed by atoms with Gasteiger partial charge in [-0.15, -0.1) is 0 Å². The Balaban J connectivity index is 2.56. The van der Waals surface area contributed by atoms with E-state index >= 15 is 0 Å². The molecule has 0 saturated carbocycles. The highest BCUT2D eigenvalue weighted by molar-refractivity contribution is 5.77. The third-order valence-corrected chi connectivity index (χ3v) is 3.62. The Kier molecular flexibility index (Phi) is 3.20. The van der Waals surface area contributed by atoms with E-state index in [1.807, 2.05) is 0 Å². The average molecular weight is 231 g/mol. The number of hydrogen-bond donors (Lipinski definition) is 1. The molecule has 92 valence electrons. The van der Waals surface area contributed by atoms with Gasteiger partial charge in [0.1, 0.15) is 5.82 Å². The van der Waals surface area contributed by atoms with Gasteiger partial charge in [0.05, 0.1) is 11.0 Å². The van der Waals surface area contributed by atoms with E-state index in [0.717, 1.165) is 16.9 Å². The molecule has 2 N–H and O–H groups in total. The van der Waals surface area contributed by atoms with Crippen molar-refractivity contribution in [2.75, 3.05) is 0 Å². The number of nitrogens with zero attached hydrogens (tertiary/aromatic N) is 2. The molecule has 0 saturated heterocycles. The zero-order chi connectivity index (χ0) is 12.6. The largest absolute Gasteiger partial charge is 0.331 e. The molecule has 1 unspecified atom stereocenters. The first-order valence-corrected chi connectivity index (χ1v) is 6.20. The quantitative estimate of drug-likeness (QED) is 0.882. The molecule has 3 nitrogen and oxygen atoms in total. The Morgan fingerprint density at radius 2 is 2.00 bits per heavy atom. The standard InChI is InChI=1S/C14H21N3/c1-9(2)10(3)14-16-12-7-11(8-15)5-6-13(12)17(14)4/h5-7,9-10H,8,15H2,1-4H3. The van der Waals surface area contributed by atoms with Crippen LogP contribution in [0, 0.1) is 5.92 Å². The molecule has 1 heterocycles. The maximum Gasteiger partial charge on any atom is 0.112 e. The Morgan fingerprint density at radius 1 is 1.29 bits per heavy atom. The number of rotatable bonds is 3. The summed E-state index contributed by atoms with van der Waals surface area (Å²) in [6.07, 6.45) is 0. The predicted molar refractivity (Wildman–Crippen MR) is 71.9 cm³/mol. The van der Waals surface area contributed by atoms with Crippen molar-refractivity contribution in [3.05, 3.63) is 29.6 Å². The molecular weight excluding hydrogens is 210 g/mol. The molecule has 17 heavy (non-hydrogen) atoms. The third kappa shape index (κ3) is 2.07. The van der Waals surface area contributed by atoms with Crippen LogP contribution < -0.4 is 5.73 Å². The zero-order valence-electron chi connectivity index (χ0n) is 11.1. The molecule has 0 amide bonds. The summed E-state index contributed by atoms with van der Waals surface area (Å²) in [5, 5.41) is 0. The van der Waals surface area contributed by atoms with Crippen molar-refractivity contribution in [2.45, 2.75) is 33.2 Å². The molecule has 0 spiro atoms. The summed E-state index contributed by atoms with van der Waals surface area (Å²) in [6, 6.07) is 6.28.